The van der Waals surface area contributed by atoms with Crippen LogP contribution in [-0.2, 0) is 13.8 Å². The normalized spacial score (nSPS) is 28.4. The molecule has 0 spiro atoms. The standard InChI is InChI=1S/C9H13N2O8PS.Na/c10-8(14)3-2-21-9(11-3)7-6(13)5(12)4(19-7)1-18-20(15,16)17;/h2,4-7,12-13H,1H2,(H2,10,14)(H2,15,16,17);/q;+1/t4-,5-,6-,7-;/m1./s1. The number of nitrogens with two attached hydrogens (primary N) is 1. The number of ether oxygens (including phenoxy) is 1. The molecule has 0 bridgehead atoms. The molecule has 2 rings (SSSR count). The fourth-order valence-electron chi connectivity index (χ4n) is 1.79. The number of rotatable bonds is 5. The third-order valence-electron chi connectivity index (χ3n) is 2.79. The van der Waals surface area contributed by atoms with E-state index in [0.29, 0.717) is 0 Å². The number of hydrogen-bond acceptors (Lipinski definition) is 8. The minimum Gasteiger partial charge on any atom is -0.387 e. The first-order chi connectivity index (χ1) is 9.69. The third kappa shape index (κ3) is 4.79. The number of amides is 1. The van der Waals surface area contributed by atoms with Crippen molar-refractivity contribution in [2.45, 2.75) is 24.4 Å². The Morgan fingerprint density at radius 2 is 2.09 bits per heavy atom. The van der Waals surface area contributed by atoms with E-state index in [1.807, 2.05) is 0 Å². The predicted octanol–water partition coefficient (Wildman–Crippen LogP) is -4.48. The molecule has 1 saturated heterocycles. The molecule has 1 aromatic rings. The van der Waals surface area contributed by atoms with E-state index >= 15 is 0 Å². The Kier molecular flexibility index (Phi) is 7.12. The maximum atomic E-state index is 11.0. The number of carbonyl (C=O) groups is 1. The second-order valence-electron chi connectivity index (χ2n) is 4.30. The van der Waals surface area contributed by atoms with Gasteiger partial charge in [0, 0.05) is 5.38 Å². The van der Waals surface area contributed by atoms with Crippen LogP contribution >= 0.6 is 19.2 Å². The van der Waals surface area contributed by atoms with E-state index < -0.39 is 44.8 Å². The van der Waals surface area contributed by atoms with E-state index in [1.54, 1.807) is 0 Å². The molecule has 0 unspecified atom stereocenters. The van der Waals surface area contributed by atoms with Crippen LogP contribution in [0.1, 0.15) is 21.6 Å². The summed E-state index contributed by atoms with van der Waals surface area (Å²) in [6.45, 7) is -0.604. The zero-order valence-corrected chi connectivity index (χ0v) is 15.1. The maximum Gasteiger partial charge on any atom is 1.00 e. The van der Waals surface area contributed by atoms with Crippen LogP contribution in [0, 0.1) is 0 Å². The number of hydrogen-bond donors (Lipinski definition) is 5. The average Bonchev–Trinajstić information content (AvgIpc) is 2.94. The van der Waals surface area contributed by atoms with E-state index in [1.165, 1.54) is 5.38 Å². The summed E-state index contributed by atoms with van der Waals surface area (Å²) >= 11 is 1.00. The van der Waals surface area contributed by atoms with Crippen molar-refractivity contribution >= 4 is 25.1 Å². The number of thiazole rings is 1. The molecule has 0 aromatic carbocycles. The molecule has 0 aliphatic carbocycles. The van der Waals surface area contributed by atoms with Gasteiger partial charge in [-0.3, -0.25) is 9.32 Å². The first-order valence-electron chi connectivity index (χ1n) is 5.66. The molecule has 1 aliphatic heterocycles. The van der Waals surface area contributed by atoms with E-state index in [4.69, 9.17) is 20.3 Å². The number of aromatic nitrogens is 1. The van der Waals surface area contributed by atoms with Crippen molar-refractivity contribution < 1.29 is 68.2 Å². The molecule has 1 fully saturated rings. The average molecular weight is 363 g/mol. The zero-order chi connectivity index (χ0) is 15.8. The SMILES string of the molecule is NC(=O)c1csc([C@@H]2O[C@H](COP(=O)(O)O)[C@@H](O)[C@H]2O)n1.[Na+]. The van der Waals surface area contributed by atoms with Gasteiger partial charge in [-0.05, 0) is 0 Å². The minimum atomic E-state index is -4.71. The first-order valence-corrected chi connectivity index (χ1v) is 8.07. The molecule has 4 atom stereocenters. The van der Waals surface area contributed by atoms with Gasteiger partial charge in [-0.1, -0.05) is 0 Å². The molecular weight excluding hydrogens is 350 g/mol. The molecule has 1 aliphatic rings. The van der Waals surface area contributed by atoms with Gasteiger partial charge in [0.25, 0.3) is 5.91 Å². The van der Waals surface area contributed by atoms with E-state index in [-0.39, 0.29) is 40.3 Å². The molecule has 118 valence electrons. The molecule has 1 aromatic heterocycles. The summed E-state index contributed by atoms with van der Waals surface area (Å²) in [5, 5.41) is 21.3. The summed E-state index contributed by atoms with van der Waals surface area (Å²) in [6, 6.07) is 0. The van der Waals surface area contributed by atoms with Gasteiger partial charge in [0.15, 0.2) is 0 Å². The fraction of sp³-hybridized carbons (Fsp3) is 0.556. The predicted molar refractivity (Wildman–Crippen MR) is 68.3 cm³/mol. The molecule has 10 nitrogen and oxygen atoms in total. The third-order valence-corrected chi connectivity index (χ3v) is 4.18. The van der Waals surface area contributed by atoms with Crippen molar-refractivity contribution in [3.63, 3.8) is 0 Å². The Morgan fingerprint density at radius 3 is 2.59 bits per heavy atom. The number of carbonyl (C=O) groups excluding carboxylic acids is 1. The molecule has 0 saturated carbocycles. The fourth-order valence-corrected chi connectivity index (χ4v) is 3.02. The summed E-state index contributed by atoms with van der Waals surface area (Å²) in [5.41, 5.74) is 5.05. The molecular formula is C9H13N2NaO8PS+. The van der Waals surface area contributed by atoms with Crippen LogP contribution in [0.25, 0.3) is 0 Å². The first kappa shape index (κ1) is 20.1. The van der Waals surface area contributed by atoms with Crippen LogP contribution in [0.4, 0.5) is 0 Å². The molecule has 2 heterocycles. The van der Waals surface area contributed by atoms with Crippen LogP contribution in [0.2, 0.25) is 0 Å². The number of nitrogens with zero attached hydrogens (tertiary/aromatic N) is 1. The van der Waals surface area contributed by atoms with Crippen LogP contribution in [-0.4, -0.2) is 55.8 Å². The number of aliphatic hydroxyl groups excluding tert-OH is 2. The number of aliphatic hydroxyl groups is 2. The minimum absolute atomic E-state index is 0. The molecule has 6 N–H and O–H groups in total. The van der Waals surface area contributed by atoms with Crippen molar-refractivity contribution in [1.82, 2.24) is 4.98 Å². The summed E-state index contributed by atoms with van der Waals surface area (Å²) in [5.74, 6) is -0.744. The van der Waals surface area contributed by atoms with E-state index in [2.05, 4.69) is 9.51 Å². The topological polar surface area (TPSA) is 172 Å². The number of primary amides is 1. The van der Waals surface area contributed by atoms with Crippen molar-refractivity contribution in [3.8, 4) is 0 Å². The summed E-state index contributed by atoms with van der Waals surface area (Å²) < 4.78 is 20.1. The molecule has 22 heavy (non-hydrogen) atoms. The summed E-state index contributed by atoms with van der Waals surface area (Å²) in [4.78, 5) is 32.0. The van der Waals surface area contributed by atoms with Gasteiger partial charge in [-0.2, -0.15) is 0 Å². The maximum absolute atomic E-state index is 11.0. The van der Waals surface area contributed by atoms with Gasteiger partial charge in [0.2, 0.25) is 0 Å². The second kappa shape index (κ2) is 7.77. The Hall–Kier alpha value is 0.0900. The van der Waals surface area contributed by atoms with Crippen LogP contribution in [0.15, 0.2) is 5.38 Å². The molecule has 0 radical (unpaired) electrons. The van der Waals surface area contributed by atoms with Crippen molar-refractivity contribution in [3.05, 3.63) is 16.1 Å². The van der Waals surface area contributed by atoms with Gasteiger partial charge in [-0.25, -0.2) is 9.55 Å². The van der Waals surface area contributed by atoms with Crippen LogP contribution < -0.4 is 35.3 Å². The monoisotopic (exact) mass is 363 g/mol. The largest absolute Gasteiger partial charge is 1.00 e. The Morgan fingerprint density at radius 1 is 1.45 bits per heavy atom. The van der Waals surface area contributed by atoms with Gasteiger partial charge < -0.3 is 30.5 Å². The van der Waals surface area contributed by atoms with E-state index in [0.717, 1.165) is 11.3 Å². The van der Waals surface area contributed by atoms with Gasteiger partial charge >= 0.3 is 37.4 Å². The number of phosphoric acid groups is 1. The summed E-state index contributed by atoms with van der Waals surface area (Å²) in [7, 11) is -4.71. The number of phosphoric ester groups is 1. The quantitative estimate of drug-likeness (QED) is 0.255. The van der Waals surface area contributed by atoms with Crippen LogP contribution in [0.5, 0.6) is 0 Å². The van der Waals surface area contributed by atoms with Gasteiger partial charge in [-0.15, -0.1) is 11.3 Å². The van der Waals surface area contributed by atoms with Gasteiger partial charge in [0.05, 0.1) is 6.61 Å². The summed E-state index contributed by atoms with van der Waals surface area (Å²) in [6.07, 6.45) is -4.97. The van der Waals surface area contributed by atoms with E-state index in [9.17, 15) is 19.6 Å². The van der Waals surface area contributed by atoms with Crippen molar-refractivity contribution in [2.24, 2.45) is 5.73 Å². The smallest absolute Gasteiger partial charge is 0.387 e. The Bertz CT molecular complexity index is 580. The second-order valence-corrected chi connectivity index (χ2v) is 6.43. The molecule has 1 amide bonds. The van der Waals surface area contributed by atoms with Crippen LogP contribution in [0.3, 0.4) is 0 Å². The van der Waals surface area contributed by atoms with Crippen molar-refractivity contribution in [2.75, 3.05) is 6.61 Å². The Balaban J connectivity index is 0.00000242. The van der Waals surface area contributed by atoms with Crippen molar-refractivity contribution in [1.29, 1.82) is 0 Å². The molecule has 13 heteroatoms. The zero-order valence-electron chi connectivity index (χ0n) is 11.4. The Labute approximate surface area is 150 Å². The van der Waals surface area contributed by atoms with Gasteiger partial charge in [0.1, 0.15) is 35.1 Å².